The molecule has 23 heavy (non-hydrogen) atoms. The van der Waals surface area contributed by atoms with Crippen LogP contribution in [-0.4, -0.2) is 16.0 Å². The molecule has 0 bridgehead atoms. The number of rotatable bonds is 3. The minimum absolute atomic E-state index is 0.146. The van der Waals surface area contributed by atoms with Gasteiger partial charge in [-0.1, -0.05) is 48.3 Å². The highest BCUT2D eigenvalue weighted by Crippen LogP contribution is 2.44. The molecule has 0 radical (unpaired) electrons. The summed E-state index contributed by atoms with van der Waals surface area (Å²) < 4.78 is 5.34. The van der Waals surface area contributed by atoms with E-state index in [0.29, 0.717) is 34.0 Å². The molecule has 1 atom stereocenters. The third kappa shape index (κ3) is 2.42. The molecule has 1 aliphatic rings. The van der Waals surface area contributed by atoms with Crippen LogP contribution in [0.3, 0.4) is 0 Å². The van der Waals surface area contributed by atoms with E-state index in [9.17, 15) is 9.90 Å². The summed E-state index contributed by atoms with van der Waals surface area (Å²) in [5.74, 6) is -0.0685. The largest absolute Gasteiger partial charge is 0.378 e. The van der Waals surface area contributed by atoms with Crippen LogP contribution in [0.5, 0.6) is 0 Å². The van der Waals surface area contributed by atoms with Gasteiger partial charge in [-0.2, -0.15) is 0 Å². The van der Waals surface area contributed by atoms with Crippen molar-refractivity contribution < 1.29 is 14.4 Å². The first-order valence-corrected chi connectivity index (χ1v) is 8.11. The summed E-state index contributed by atoms with van der Waals surface area (Å²) in [4.78, 5) is 12.8. The molecule has 0 spiro atoms. The van der Waals surface area contributed by atoms with Crippen LogP contribution in [-0.2, 0) is 5.60 Å². The van der Waals surface area contributed by atoms with Gasteiger partial charge in [0.05, 0.1) is 15.6 Å². The van der Waals surface area contributed by atoms with Gasteiger partial charge in [0, 0.05) is 5.56 Å². The molecule has 1 unspecified atom stereocenters. The van der Waals surface area contributed by atoms with Crippen molar-refractivity contribution in [2.24, 2.45) is 0 Å². The summed E-state index contributed by atoms with van der Waals surface area (Å²) in [6, 6.07) is 5.04. The molecule has 2 aromatic rings. The van der Waals surface area contributed by atoms with Crippen molar-refractivity contribution in [1.82, 2.24) is 5.16 Å². The molecule has 0 aliphatic heterocycles. The molecule has 120 valence electrons. The second-order valence-electron chi connectivity index (χ2n) is 5.46. The van der Waals surface area contributed by atoms with Crippen LogP contribution in [0.1, 0.15) is 42.8 Å². The summed E-state index contributed by atoms with van der Waals surface area (Å²) in [5, 5.41) is 15.6. The van der Waals surface area contributed by atoms with Crippen molar-refractivity contribution in [1.29, 1.82) is 0 Å². The van der Waals surface area contributed by atoms with Gasteiger partial charge < -0.3 is 9.63 Å². The Kier molecular flexibility index (Phi) is 4.08. The first-order valence-electron chi connectivity index (χ1n) is 7.36. The summed E-state index contributed by atoms with van der Waals surface area (Å²) in [6.07, 6.45) is 2.42. The smallest absolute Gasteiger partial charge is 0.194 e. The average molecular weight is 352 g/mol. The van der Waals surface area contributed by atoms with Crippen LogP contribution in [0, 0.1) is 0 Å². The van der Waals surface area contributed by atoms with E-state index in [2.05, 4.69) is 5.16 Å². The number of fused-ring (bicyclic) bond motifs is 1. The maximum Gasteiger partial charge on any atom is 0.194 e. The van der Waals surface area contributed by atoms with E-state index in [-0.39, 0.29) is 22.8 Å². The predicted octanol–water partition coefficient (Wildman–Crippen LogP) is 4.78. The third-order valence-corrected chi connectivity index (χ3v) is 4.77. The zero-order valence-corrected chi connectivity index (χ0v) is 14.2. The van der Waals surface area contributed by atoms with E-state index in [1.807, 2.05) is 13.8 Å². The molecular weight excluding hydrogens is 337 g/mol. The molecule has 0 saturated heterocycles. The number of aromatic nitrogens is 1. The maximum absolute atomic E-state index is 12.8. The number of benzene rings is 1. The molecule has 0 fully saturated rings. The van der Waals surface area contributed by atoms with Gasteiger partial charge >= 0.3 is 0 Å². The van der Waals surface area contributed by atoms with Crippen molar-refractivity contribution in [2.45, 2.75) is 32.3 Å². The van der Waals surface area contributed by atoms with Gasteiger partial charge in [0.2, 0.25) is 0 Å². The quantitative estimate of drug-likeness (QED) is 0.864. The topological polar surface area (TPSA) is 63.3 Å². The Morgan fingerprint density at radius 1 is 1.22 bits per heavy atom. The van der Waals surface area contributed by atoms with E-state index in [4.69, 9.17) is 27.7 Å². The fraction of sp³-hybridized carbons (Fsp3) is 0.294. The van der Waals surface area contributed by atoms with Gasteiger partial charge in [-0.15, -0.1) is 0 Å². The van der Waals surface area contributed by atoms with Crippen LogP contribution in [0.25, 0.3) is 11.3 Å². The second kappa shape index (κ2) is 5.78. The molecule has 6 heteroatoms. The Morgan fingerprint density at radius 2 is 1.87 bits per heavy atom. The number of ketones is 1. The molecule has 3 rings (SSSR count). The minimum Gasteiger partial charge on any atom is -0.378 e. The number of hydrogen-bond donors (Lipinski definition) is 1. The van der Waals surface area contributed by atoms with Crippen molar-refractivity contribution in [3.63, 3.8) is 0 Å². The van der Waals surface area contributed by atoms with Gasteiger partial charge in [-0.25, -0.2) is 0 Å². The summed E-state index contributed by atoms with van der Waals surface area (Å²) >= 11 is 12.5. The Labute approximate surface area is 143 Å². The number of Topliss-reactive ketones (excluding diaryl/α,β-unsaturated/α-hetero) is 1. The molecule has 0 saturated carbocycles. The van der Waals surface area contributed by atoms with E-state index in [0.717, 1.165) is 0 Å². The Morgan fingerprint density at radius 3 is 2.43 bits per heavy atom. The van der Waals surface area contributed by atoms with Crippen LogP contribution in [0.4, 0.5) is 0 Å². The van der Waals surface area contributed by atoms with Crippen LogP contribution in [0.2, 0.25) is 10.0 Å². The number of halogens is 2. The van der Waals surface area contributed by atoms with Crippen LogP contribution >= 0.6 is 23.2 Å². The Balaban J connectivity index is 2.30. The number of nitrogens with zero attached hydrogens (tertiary/aromatic N) is 1. The highest BCUT2D eigenvalue weighted by molar-refractivity contribution is 6.39. The van der Waals surface area contributed by atoms with E-state index in [1.54, 1.807) is 24.3 Å². The van der Waals surface area contributed by atoms with Crippen molar-refractivity contribution >= 4 is 29.0 Å². The zero-order valence-electron chi connectivity index (χ0n) is 12.7. The molecule has 0 amide bonds. The molecule has 4 nitrogen and oxygen atoms in total. The normalized spacial score (nSPS) is 20.4. The van der Waals surface area contributed by atoms with E-state index >= 15 is 0 Å². The first-order chi connectivity index (χ1) is 10.9. The summed E-state index contributed by atoms with van der Waals surface area (Å²) in [5.41, 5.74) is 0.114. The molecule has 1 aromatic heterocycles. The van der Waals surface area contributed by atoms with Crippen molar-refractivity contribution in [3.8, 4) is 11.3 Å². The highest BCUT2D eigenvalue weighted by atomic mass is 35.5. The number of aliphatic hydroxyl groups is 1. The number of allylic oxidation sites excluding steroid dienone is 1. The monoisotopic (exact) mass is 351 g/mol. The Bertz CT molecular complexity index is 805. The molecule has 1 heterocycles. The number of carbonyl (C=O) groups is 1. The molecular formula is C17H15Cl2NO3. The van der Waals surface area contributed by atoms with Gasteiger partial charge in [0.1, 0.15) is 11.3 Å². The predicted molar refractivity (Wildman–Crippen MR) is 88.9 cm³/mol. The average Bonchev–Trinajstić information content (AvgIpc) is 2.97. The summed E-state index contributed by atoms with van der Waals surface area (Å²) in [6.45, 7) is 3.68. The lowest BCUT2D eigenvalue weighted by Crippen LogP contribution is -2.29. The number of hydrogen-bond acceptors (Lipinski definition) is 4. The minimum atomic E-state index is -1.35. The maximum atomic E-state index is 12.8. The lowest BCUT2D eigenvalue weighted by molar-refractivity contribution is 0.0485. The third-order valence-electron chi connectivity index (χ3n) is 4.14. The van der Waals surface area contributed by atoms with Crippen molar-refractivity contribution in [2.75, 3.05) is 0 Å². The molecule has 1 aromatic carbocycles. The fourth-order valence-electron chi connectivity index (χ4n) is 2.80. The SMILES string of the molecule is CCC1=CC(O)(CC)c2onc(-c3c(Cl)cccc3Cl)c2C1=O. The molecule has 1 aliphatic carbocycles. The van der Waals surface area contributed by atoms with Crippen molar-refractivity contribution in [3.05, 3.63) is 51.2 Å². The summed E-state index contributed by atoms with van der Waals surface area (Å²) in [7, 11) is 0. The highest BCUT2D eigenvalue weighted by Gasteiger charge is 2.42. The zero-order chi connectivity index (χ0) is 16.8. The van der Waals surface area contributed by atoms with Gasteiger partial charge in [-0.3, -0.25) is 4.79 Å². The second-order valence-corrected chi connectivity index (χ2v) is 6.28. The van der Waals surface area contributed by atoms with Crippen LogP contribution in [0.15, 0.2) is 34.4 Å². The number of carbonyl (C=O) groups excluding carboxylic acids is 1. The van der Waals surface area contributed by atoms with Gasteiger partial charge in [0.15, 0.2) is 11.5 Å². The Hall–Kier alpha value is -1.62. The van der Waals surface area contributed by atoms with E-state index < -0.39 is 5.60 Å². The lowest BCUT2D eigenvalue weighted by Gasteiger charge is -2.26. The van der Waals surface area contributed by atoms with Gasteiger partial charge in [-0.05, 0) is 36.6 Å². The molecule has 1 N–H and O–H groups in total. The van der Waals surface area contributed by atoms with Gasteiger partial charge in [0.25, 0.3) is 0 Å². The first kappa shape index (κ1) is 16.2. The van der Waals surface area contributed by atoms with Crippen LogP contribution < -0.4 is 0 Å². The standard InChI is InChI=1S/C17H15Cl2NO3/c1-3-9-8-17(22,4-2)16-13(15(9)21)14(20-23-16)12-10(18)6-5-7-11(12)19/h5-8,22H,3-4H2,1-2H3. The lowest BCUT2D eigenvalue weighted by atomic mass is 9.81. The van der Waals surface area contributed by atoms with E-state index in [1.165, 1.54) is 0 Å². The fourth-order valence-corrected chi connectivity index (χ4v) is 3.37.